The zero-order valence-corrected chi connectivity index (χ0v) is 14.7. The molecule has 1 fully saturated rings. The Labute approximate surface area is 146 Å². The fourth-order valence-corrected chi connectivity index (χ4v) is 3.93. The van der Waals surface area contributed by atoms with Crippen molar-refractivity contribution in [3.05, 3.63) is 41.1 Å². The third-order valence-electron chi connectivity index (χ3n) is 4.76. The molecule has 0 bridgehead atoms. The van der Waals surface area contributed by atoms with E-state index in [1.54, 1.807) is 11.3 Å². The molecule has 0 spiro atoms. The highest BCUT2D eigenvalue weighted by atomic mass is 32.1. The highest BCUT2D eigenvalue weighted by molar-refractivity contribution is 7.08. The smallest absolute Gasteiger partial charge is 0.162 e. The molecule has 0 unspecified atom stereocenters. The minimum Gasteiger partial charge on any atom is -0.367 e. The molecule has 2 aromatic heterocycles. The van der Waals surface area contributed by atoms with E-state index in [9.17, 15) is 0 Å². The summed E-state index contributed by atoms with van der Waals surface area (Å²) in [5.41, 5.74) is 2.09. The molecule has 3 heterocycles. The Bertz CT molecular complexity index is 807. The molecule has 5 heteroatoms. The third kappa shape index (κ3) is 3.14. The average molecular weight is 338 g/mol. The third-order valence-corrected chi connectivity index (χ3v) is 5.44. The van der Waals surface area contributed by atoms with Crippen LogP contribution in [0.25, 0.3) is 22.3 Å². The second-order valence-electron chi connectivity index (χ2n) is 6.28. The predicted octanol–water partition coefficient (Wildman–Crippen LogP) is 4.25. The van der Waals surface area contributed by atoms with E-state index in [0.29, 0.717) is 6.04 Å². The molecule has 4 rings (SSSR count). The minimum atomic E-state index is 0.487. The van der Waals surface area contributed by atoms with Crippen molar-refractivity contribution in [2.24, 2.45) is 0 Å². The number of aromatic nitrogens is 2. The Morgan fingerprint density at radius 3 is 2.75 bits per heavy atom. The lowest BCUT2D eigenvalue weighted by Crippen LogP contribution is -2.39. The first kappa shape index (κ1) is 15.5. The van der Waals surface area contributed by atoms with Crippen molar-refractivity contribution in [2.75, 3.05) is 25.0 Å². The number of hydrogen-bond acceptors (Lipinski definition) is 5. The van der Waals surface area contributed by atoms with Gasteiger partial charge in [-0.1, -0.05) is 19.1 Å². The monoisotopic (exact) mass is 338 g/mol. The van der Waals surface area contributed by atoms with E-state index in [0.717, 1.165) is 47.7 Å². The fourth-order valence-electron chi connectivity index (χ4n) is 3.29. The first-order chi connectivity index (χ1) is 11.8. The minimum absolute atomic E-state index is 0.487. The number of benzene rings is 1. The Morgan fingerprint density at radius 1 is 1.17 bits per heavy atom. The molecule has 1 N–H and O–H groups in total. The standard InChI is InChI=1S/C19H22N4S/c1-2-23-10-7-15(8-11-23)20-19-16-5-3-4-6-17(16)21-18(22-19)14-9-12-24-13-14/h3-6,9,12-13,15H,2,7-8,10-11H2,1H3,(H,20,21,22). The second-order valence-corrected chi connectivity index (χ2v) is 7.06. The molecule has 0 radical (unpaired) electrons. The van der Waals surface area contributed by atoms with Crippen LogP contribution in [0.15, 0.2) is 41.1 Å². The number of nitrogens with zero attached hydrogens (tertiary/aromatic N) is 3. The maximum absolute atomic E-state index is 4.85. The molecular weight excluding hydrogens is 316 g/mol. The van der Waals surface area contributed by atoms with Crippen LogP contribution in [0.1, 0.15) is 19.8 Å². The number of hydrogen-bond donors (Lipinski definition) is 1. The van der Waals surface area contributed by atoms with Gasteiger partial charge in [0.2, 0.25) is 0 Å². The first-order valence-corrected chi connectivity index (χ1v) is 9.56. The Hall–Kier alpha value is -1.98. The molecule has 0 atom stereocenters. The van der Waals surface area contributed by atoms with Crippen molar-refractivity contribution in [1.82, 2.24) is 14.9 Å². The lowest BCUT2D eigenvalue weighted by Gasteiger charge is -2.32. The van der Waals surface area contributed by atoms with E-state index in [4.69, 9.17) is 9.97 Å². The predicted molar refractivity (Wildman–Crippen MR) is 102 cm³/mol. The summed E-state index contributed by atoms with van der Waals surface area (Å²) in [6.45, 7) is 5.70. The Kier molecular flexibility index (Phi) is 4.45. The molecule has 0 saturated carbocycles. The maximum Gasteiger partial charge on any atom is 0.162 e. The van der Waals surface area contributed by atoms with Crippen LogP contribution >= 0.6 is 11.3 Å². The second kappa shape index (κ2) is 6.87. The van der Waals surface area contributed by atoms with E-state index in [-0.39, 0.29) is 0 Å². The highest BCUT2D eigenvalue weighted by Gasteiger charge is 2.19. The summed E-state index contributed by atoms with van der Waals surface area (Å²) in [6, 6.07) is 10.8. The van der Waals surface area contributed by atoms with Crippen LogP contribution < -0.4 is 5.32 Å². The zero-order chi connectivity index (χ0) is 16.4. The van der Waals surface area contributed by atoms with Gasteiger partial charge in [0.15, 0.2) is 5.82 Å². The summed E-state index contributed by atoms with van der Waals surface area (Å²) in [4.78, 5) is 12.1. The van der Waals surface area contributed by atoms with Crippen LogP contribution in [0.4, 0.5) is 5.82 Å². The molecular formula is C19H22N4S. The molecule has 1 aliphatic rings. The van der Waals surface area contributed by atoms with Gasteiger partial charge in [-0.05, 0) is 43.0 Å². The van der Waals surface area contributed by atoms with Crippen molar-refractivity contribution >= 4 is 28.1 Å². The molecule has 1 aliphatic heterocycles. The molecule has 0 amide bonds. The SMILES string of the molecule is CCN1CCC(Nc2nc(-c3ccsc3)nc3ccccc23)CC1. The lowest BCUT2D eigenvalue weighted by atomic mass is 10.0. The zero-order valence-electron chi connectivity index (χ0n) is 13.9. The van der Waals surface area contributed by atoms with Crippen LogP contribution in [0, 0.1) is 0 Å². The summed E-state index contributed by atoms with van der Waals surface area (Å²) in [5.74, 6) is 1.78. The van der Waals surface area contributed by atoms with Crippen molar-refractivity contribution in [1.29, 1.82) is 0 Å². The maximum atomic E-state index is 4.85. The molecule has 124 valence electrons. The lowest BCUT2D eigenvalue weighted by molar-refractivity contribution is 0.229. The first-order valence-electron chi connectivity index (χ1n) is 8.61. The van der Waals surface area contributed by atoms with Crippen LogP contribution in [0.5, 0.6) is 0 Å². The van der Waals surface area contributed by atoms with E-state index in [2.05, 4.69) is 52.2 Å². The number of piperidine rings is 1. The normalized spacial score (nSPS) is 16.5. The quantitative estimate of drug-likeness (QED) is 0.772. The fraction of sp³-hybridized carbons (Fsp3) is 0.368. The van der Waals surface area contributed by atoms with E-state index in [1.807, 2.05) is 6.07 Å². The summed E-state index contributed by atoms with van der Waals surface area (Å²) in [7, 11) is 0. The molecule has 24 heavy (non-hydrogen) atoms. The number of likely N-dealkylation sites (tertiary alicyclic amines) is 1. The summed E-state index contributed by atoms with van der Waals surface area (Å²) < 4.78 is 0. The molecule has 1 aromatic carbocycles. The molecule has 0 aliphatic carbocycles. The van der Waals surface area contributed by atoms with E-state index < -0.39 is 0 Å². The number of rotatable bonds is 4. The Balaban J connectivity index is 1.66. The van der Waals surface area contributed by atoms with Gasteiger partial charge in [0.25, 0.3) is 0 Å². The van der Waals surface area contributed by atoms with Gasteiger partial charge in [-0.2, -0.15) is 11.3 Å². The van der Waals surface area contributed by atoms with E-state index in [1.165, 1.54) is 12.8 Å². The van der Waals surface area contributed by atoms with Crippen LogP contribution in [0.3, 0.4) is 0 Å². The number of anilines is 1. The van der Waals surface area contributed by atoms with Gasteiger partial charge < -0.3 is 10.2 Å². The topological polar surface area (TPSA) is 41.0 Å². The van der Waals surface area contributed by atoms with Crippen LogP contribution in [0.2, 0.25) is 0 Å². The van der Waals surface area contributed by atoms with Crippen molar-refractivity contribution in [2.45, 2.75) is 25.8 Å². The van der Waals surface area contributed by atoms with Gasteiger partial charge in [0, 0.05) is 35.5 Å². The number of para-hydroxylation sites is 1. The number of nitrogens with one attached hydrogen (secondary N) is 1. The van der Waals surface area contributed by atoms with Gasteiger partial charge in [-0.15, -0.1) is 0 Å². The van der Waals surface area contributed by atoms with Crippen LogP contribution in [-0.2, 0) is 0 Å². The van der Waals surface area contributed by atoms with Crippen LogP contribution in [-0.4, -0.2) is 40.5 Å². The average Bonchev–Trinajstić information content (AvgIpc) is 3.17. The summed E-state index contributed by atoms with van der Waals surface area (Å²) in [5, 5.41) is 8.98. The number of fused-ring (bicyclic) bond motifs is 1. The van der Waals surface area contributed by atoms with Crippen molar-refractivity contribution < 1.29 is 0 Å². The van der Waals surface area contributed by atoms with Gasteiger partial charge >= 0.3 is 0 Å². The van der Waals surface area contributed by atoms with Gasteiger partial charge in [-0.25, -0.2) is 9.97 Å². The van der Waals surface area contributed by atoms with Gasteiger partial charge in [-0.3, -0.25) is 0 Å². The van der Waals surface area contributed by atoms with Crippen molar-refractivity contribution in [3.8, 4) is 11.4 Å². The Morgan fingerprint density at radius 2 is 2.00 bits per heavy atom. The summed E-state index contributed by atoms with van der Waals surface area (Å²) >= 11 is 1.68. The van der Waals surface area contributed by atoms with E-state index >= 15 is 0 Å². The largest absolute Gasteiger partial charge is 0.367 e. The molecule has 1 saturated heterocycles. The van der Waals surface area contributed by atoms with Crippen molar-refractivity contribution in [3.63, 3.8) is 0 Å². The molecule has 4 nitrogen and oxygen atoms in total. The van der Waals surface area contributed by atoms with Gasteiger partial charge in [0.1, 0.15) is 5.82 Å². The molecule has 3 aromatic rings. The summed E-state index contributed by atoms with van der Waals surface area (Å²) in [6.07, 6.45) is 2.33. The number of thiophene rings is 1. The van der Waals surface area contributed by atoms with Gasteiger partial charge in [0.05, 0.1) is 5.52 Å². The highest BCUT2D eigenvalue weighted by Crippen LogP contribution is 2.27.